The fourth-order valence-electron chi connectivity index (χ4n) is 1.16. The number of benzene rings is 1. The van der Waals surface area contributed by atoms with Crippen LogP contribution in [0.25, 0.3) is 0 Å². The molecule has 0 aliphatic heterocycles. The molecule has 18 heavy (non-hydrogen) atoms. The number of hydrogen-bond acceptors (Lipinski definition) is 2. The van der Waals surface area contributed by atoms with Crippen LogP contribution >= 0.6 is 23.2 Å². The Balaban J connectivity index is 2.55. The molecule has 0 radical (unpaired) electrons. The number of hydrogen-bond donors (Lipinski definition) is 2. The molecule has 1 rings (SSSR count). The van der Waals surface area contributed by atoms with Crippen LogP contribution in [-0.4, -0.2) is 18.4 Å². The van der Waals surface area contributed by atoms with Gasteiger partial charge in [-0.3, -0.25) is 9.59 Å². The number of carbonyl (C=O) groups excluding carboxylic acids is 2. The third-order valence-electron chi connectivity index (χ3n) is 2.15. The van der Waals surface area contributed by atoms with E-state index in [-0.39, 0.29) is 24.3 Å². The van der Waals surface area contributed by atoms with E-state index in [4.69, 9.17) is 23.2 Å². The quantitative estimate of drug-likeness (QED) is 0.895. The van der Waals surface area contributed by atoms with Gasteiger partial charge in [0, 0.05) is 10.9 Å². The van der Waals surface area contributed by atoms with Gasteiger partial charge in [-0.1, -0.05) is 37.0 Å². The Morgan fingerprint density at radius 3 is 2.56 bits per heavy atom. The third kappa shape index (κ3) is 4.55. The van der Waals surface area contributed by atoms with Crippen molar-refractivity contribution in [1.82, 2.24) is 5.32 Å². The summed E-state index contributed by atoms with van der Waals surface area (Å²) in [5.74, 6) is -0.692. The van der Waals surface area contributed by atoms with E-state index in [1.807, 2.05) is 0 Å². The van der Waals surface area contributed by atoms with Crippen LogP contribution in [0.15, 0.2) is 18.2 Å². The summed E-state index contributed by atoms with van der Waals surface area (Å²) >= 11 is 11.7. The lowest BCUT2D eigenvalue weighted by molar-refractivity contribution is -0.126. The van der Waals surface area contributed by atoms with Gasteiger partial charge in [-0.15, -0.1) is 0 Å². The largest absolute Gasteiger partial charge is 0.347 e. The predicted molar refractivity (Wildman–Crippen MR) is 72.9 cm³/mol. The lowest BCUT2D eigenvalue weighted by Gasteiger charge is -2.09. The van der Waals surface area contributed by atoms with Crippen LogP contribution in [0, 0.1) is 5.92 Å². The molecule has 0 fully saturated rings. The number of carbonyl (C=O) groups is 2. The van der Waals surface area contributed by atoms with Crippen molar-refractivity contribution < 1.29 is 9.59 Å². The maximum Gasteiger partial charge on any atom is 0.243 e. The van der Waals surface area contributed by atoms with Crippen molar-refractivity contribution in [3.05, 3.63) is 28.2 Å². The van der Waals surface area contributed by atoms with Gasteiger partial charge >= 0.3 is 0 Å². The number of amides is 2. The SMILES string of the molecule is CC(C)C(=O)NCC(=O)Nc1cc(Cl)ccc1Cl. The second-order valence-electron chi connectivity index (χ2n) is 4.04. The average molecular weight is 289 g/mol. The molecule has 0 aliphatic carbocycles. The van der Waals surface area contributed by atoms with E-state index in [0.717, 1.165) is 0 Å². The molecule has 6 heteroatoms. The predicted octanol–water partition coefficient (Wildman–Crippen LogP) is 2.70. The van der Waals surface area contributed by atoms with Gasteiger partial charge in [-0.2, -0.15) is 0 Å². The van der Waals surface area contributed by atoms with Gasteiger partial charge in [0.15, 0.2) is 0 Å². The fourth-order valence-corrected chi connectivity index (χ4v) is 1.50. The molecule has 0 aromatic heterocycles. The van der Waals surface area contributed by atoms with E-state index in [2.05, 4.69) is 10.6 Å². The number of anilines is 1. The highest BCUT2D eigenvalue weighted by Gasteiger charge is 2.10. The van der Waals surface area contributed by atoms with E-state index in [0.29, 0.717) is 15.7 Å². The van der Waals surface area contributed by atoms with E-state index in [9.17, 15) is 9.59 Å². The van der Waals surface area contributed by atoms with Gasteiger partial charge in [-0.25, -0.2) is 0 Å². The summed E-state index contributed by atoms with van der Waals surface area (Å²) in [5.41, 5.74) is 0.424. The normalized spacial score (nSPS) is 10.3. The Labute approximate surface area is 116 Å². The molecule has 1 aromatic carbocycles. The first-order chi connectivity index (χ1) is 8.40. The summed E-state index contributed by atoms with van der Waals surface area (Å²) in [6.45, 7) is 3.40. The molecule has 1 aromatic rings. The van der Waals surface area contributed by atoms with Crippen LogP contribution < -0.4 is 10.6 Å². The fraction of sp³-hybridized carbons (Fsp3) is 0.333. The number of rotatable bonds is 4. The molecule has 0 bridgehead atoms. The second kappa shape index (κ2) is 6.61. The standard InChI is InChI=1S/C12H14Cl2N2O2/c1-7(2)12(18)15-6-11(17)16-10-5-8(13)3-4-9(10)14/h3-5,7H,6H2,1-2H3,(H,15,18)(H,16,17). The van der Waals surface area contributed by atoms with Gasteiger partial charge in [0.05, 0.1) is 17.3 Å². The maximum atomic E-state index is 11.6. The summed E-state index contributed by atoms with van der Waals surface area (Å²) in [4.78, 5) is 22.9. The molecule has 4 nitrogen and oxygen atoms in total. The van der Waals surface area contributed by atoms with Crippen molar-refractivity contribution >= 4 is 40.7 Å². The molecule has 0 aliphatic rings. The lowest BCUT2D eigenvalue weighted by Crippen LogP contribution is -2.35. The minimum Gasteiger partial charge on any atom is -0.347 e. The van der Waals surface area contributed by atoms with Crippen LogP contribution in [0.5, 0.6) is 0 Å². The van der Waals surface area contributed by atoms with Gasteiger partial charge in [-0.05, 0) is 18.2 Å². The van der Waals surface area contributed by atoms with Crippen molar-refractivity contribution in [3.63, 3.8) is 0 Å². The zero-order chi connectivity index (χ0) is 13.7. The van der Waals surface area contributed by atoms with Crippen LogP contribution in [0.2, 0.25) is 10.0 Å². The number of halogens is 2. The highest BCUT2D eigenvalue weighted by atomic mass is 35.5. The van der Waals surface area contributed by atoms with Crippen LogP contribution in [0.1, 0.15) is 13.8 Å². The summed E-state index contributed by atoms with van der Waals surface area (Å²) in [5, 5.41) is 5.95. The Morgan fingerprint density at radius 2 is 1.94 bits per heavy atom. The number of nitrogens with one attached hydrogen (secondary N) is 2. The zero-order valence-corrected chi connectivity index (χ0v) is 11.6. The molecule has 2 amide bonds. The Morgan fingerprint density at radius 1 is 1.28 bits per heavy atom. The molecule has 98 valence electrons. The monoisotopic (exact) mass is 288 g/mol. The van der Waals surface area contributed by atoms with E-state index in [1.165, 1.54) is 0 Å². The Kier molecular flexibility index (Phi) is 5.44. The highest BCUT2D eigenvalue weighted by Crippen LogP contribution is 2.25. The summed E-state index contributed by atoms with van der Waals surface area (Å²) in [7, 11) is 0. The molecule has 0 saturated carbocycles. The molecular weight excluding hydrogens is 275 g/mol. The minimum atomic E-state index is -0.354. The molecule has 0 atom stereocenters. The van der Waals surface area contributed by atoms with Crippen molar-refractivity contribution in [3.8, 4) is 0 Å². The van der Waals surface area contributed by atoms with E-state index < -0.39 is 0 Å². The smallest absolute Gasteiger partial charge is 0.243 e. The van der Waals surface area contributed by atoms with Crippen molar-refractivity contribution in [1.29, 1.82) is 0 Å². The van der Waals surface area contributed by atoms with E-state index in [1.54, 1.807) is 32.0 Å². The maximum absolute atomic E-state index is 11.6. The molecule has 0 spiro atoms. The molecule has 2 N–H and O–H groups in total. The second-order valence-corrected chi connectivity index (χ2v) is 4.89. The first-order valence-electron chi connectivity index (χ1n) is 5.42. The zero-order valence-electron chi connectivity index (χ0n) is 10.1. The highest BCUT2D eigenvalue weighted by molar-refractivity contribution is 6.35. The molecular formula is C12H14Cl2N2O2. The summed E-state index contributed by atoms with van der Waals surface area (Å²) in [6, 6.07) is 4.76. The van der Waals surface area contributed by atoms with Crippen LogP contribution in [-0.2, 0) is 9.59 Å². The summed E-state index contributed by atoms with van der Waals surface area (Å²) in [6.07, 6.45) is 0. The topological polar surface area (TPSA) is 58.2 Å². The summed E-state index contributed by atoms with van der Waals surface area (Å²) < 4.78 is 0. The van der Waals surface area contributed by atoms with Gasteiger partial charge in [0.25, 0.3) is 0 Å². The molecule has 0 unspecified atom stereocenters. The third-order valence-corrected chi connectivity index (χ3v) is 2.71. The molecule has 0 saturated heterocycles. The average Bonchev–Trinajstić information content (AvgIpc) is 2.30. The Hall–Kier alpha value is -1.26. The van der Waals surface area contributed by atoms with Crippen LogP contribution in [0.3, 0.4) is 0 Å². The lowest BCUT2D eigenvalue weighted by atomic mass is 10.2. The van der Waals surface area contributed by atoms with Gasteiger partial charge in [0.2, 0.25) is 11.8 Å². The molecule has 0 heterocycles. The Bertz CT molecular complexity index is 461. The van der Waals surface area contributed by atoms with Crippen LogP contribution in [0.4, 0.5) is 5.69 Å². The first kappa shape index (κ1) is 14.8. The van der Waals surface area contributed by atoms with Crippen molar-refractivity contribution in [2.45, 2.75) is 13.8 Å². The van der Waals surface area contributed by atoms with Gasteiger partial charge in [0.1, 0.15) is 0 Å². The minimum absolute atomic E-state index is 0.0974. The van der Waals surface area contributed by atoms with Crippen molar-refractivity contribution in [2.24, 2.45) is 5.92 Å². The first-order valence-corrected chi connectivity index (χ1v) is 6.18. The van der Waals surface area contributed by atoms with Crippen molar-refractivity contribution in [2.75, 3.05) is 11.9 Å². The van der Waals surface area contributed by atoms with E-state index >= 15 is 0 Å². The van der Waals surface area contributed by atoms with Gasteiger partial charge < -0.3 is 10.6 Å².